The maximum absolute atomic E-state index is 2.38. The molecule has 0 unspecified atom stereocenters. The number of benzene rings is 8. The van der Waals surface area contributed by atoms with Crippen LogP contribution in [0, 0.1) is 0 Å². The minimum absolute atomic E-state index is 1.16. The molecule has 10 rings (SSSR count). The van der Waals surface area contributed by atoms with Crippen molar-refractivity contribution in [3.05, 3.63) is 200 Å². The van der Waals surface area contributed by atoms with Crippen LogP contribution in [0.5, 0.6) is 0 Å². The number of aromatic nitrogens is 1. The summed E-state index contributed by atoms with van der Waals surface area (Å²) < 4.78 is 4.99. The molecule has 0 N–H and O–H groups in total. The second-order valence-corrected chi connectivity index (χ2v) is 14.5. The highest BCUT2D eigenvalue weighted by Crippen LogP contribution is 2.40. The Bertz CT molecular complexity index is 2850. The number of hydrogen-bond acceptors (Lipinski definition) is 1. The number of nitrogens with zero attached hydrogens (tertiary/aromatic N) is 1. The lowest BCUT2D eigenvalue weighted by Crippen LogP contribution is -1.91. The Hall–Kier alpha value is -6.48. The Kier molecular flexibility index (Phi) is 7.41. The topological polar surface area (TPSA) is 4.93 Å². The normalized spacial score (nSPS) is 11.5. The van der Waals surface area contributed by atoms with Gasteiger partial charge in [0.15, 0.2) is 0 Å². The summed E-state index contributed by atoms with van der Waals surface area (Å²) >= 11 is 1.86. The second-order valence-electron chi connectivity index (χ2n) is 13.4. The van der Waals surface area contributed by atoms with Crippen LogP contribution in [-0.4, -0.2) is 4.57 Å². The zero-order chi connectivity index (χ0) is 34.4. The molecule has 0 fully saturated rings. The second kappa shape index (κ2) is 12.7. The summed E-state index contributed by atoms with van der Waals surface area (Å²) in [6.45, 7) is 0. The van der Waals surface area contributed by atoms with Crippen molar-refractivity contribution in [2.75, 3.05) is 0 Å². The monoisotopic (exact) mass is 679 g/mol. The molecule has 2 aromatic heterocycles. The van der Waals surface area contributed by atoms with E-state index in [2.05, 4.69) is 205 Å². The third-order valence-electron chi connectivity index (χ3n) is 10.3. The zero-order valence-electron chi connectivity index (χ0n) is 28.4. The Morgan fingerprint density at radius 1 is 0.308 bits per heavy atom. The van der Waals surface area contributed by atoms with Gasteiger partial charge in [-0.3, -0.25) is 0 Å². The van der Waals surface area contributed by atoms with Crippen LogP contribution in [-0.2, 0) is 0 Å². The van der Waals surface area contributed by atoms with Crippen LogP contribution in [0.15, 0.2) is 200 Å². The maximum Gasteiger partial charge on any atom is 0.0535 e. The first-order valence-electron chi connectivity index (χ1n) is 17.7. The molecule has 0 amide bonds. The predicted octanol–water partition coefficient (Wildman–Crippen LogP) is 14.3. The molecule has 52 heavy (non-hydrogen) atoms. The fourth-order valence-corrected chi connectivity index (χ4v) is 8.60. The molecule has 2 heteroatoms. The quantitative estimate of drug-likeness (QED) is 0.165. The van der Waals surface area contributed by atoms with Gasteiger partial charge in [-0.05, 0) is 92.5 Å². The number of fused-ring (bicyclic) bond motifs is 4. The van der Waals surface area contributed by atoms with Crippen molar-refractivity contribution in [2.24, 2.45) is 0 Å². The van der Waals surface area contributed by atoms with Gasteiger partial charge in [-0.25, -0.2) is 0 Å². The van der Waals surface area contributed by atoms with Gasteiger partial charge >= 0.3 is 0 Å². The van der Waals surface area contributed by atoms with E-state index in [0.29, 0.717) is 0 Å². The summed E-state index contributed by atoms with van der Waals surface area (Å²) in [6, 6.07) is 70.6. The molecule has 0 aliphatic carbocycles. The summed E-state index contributed by atoms with van der Waals surface area (Å²) in [5.41, 5.74) is 14.6. The zero-order valence-corrected chi connectivity index (χ0v) is 29.2. The van der Waals surface area contributed by atoms with E-state index in [4.69, 9.17) is 0 Å². The molecule has 0 aliphatic rings. The van der Waals surface area contributed by atoms with Crippen LogP contribution in [0.2, 0.25) is 0 Å². The molecule has 244 valence electrons. The Labute approximate surface area is 307 Å². The molecule has 2 heterocycles. The lowest BCUT2D eigenvalue weighted by Gasteiger charge is -2.09. The van der Waals surface area contributed by atoms with Crippen LogP contribution in [0.3, 0.4) is 0 Å². The predicted molar refractivity (Wildman–Crippen MR) is 223 cm³/mol. The van der Waals surface area contributed by atoms with Gasteiger partial charge in [-0.2, -0.15) is 0 Å². The molecule has 0 radical (unpaired) electrons. The van der Waals surface area contributed by atoms with Crippen molar-refractivity contribution in [1.82, 2.24) is 4.57 Å². The molecule has 0 atom stereocenters. The van der Waals surface area contributed by atoms with Crippen LogP contribution in [0.25, 0.3) is 92.4 Å². The summed E-state index contributed by atoms with van der Waals surface area (Å²) in [5, 5.41) is 3.83. The van der Waals surface area contributed by atoms with Gasteiger partial charge in [0.2, 0.25) is 0 Å². The van der Waals surface area contributed by atoms with E-state index in [1.807, 2.05) is 11.3 Å². The van der Waals surface area contributed by atoms with Crippen molar-refractivity contribution in [1.29, 1.82) is 0 Å². The first kappa shape index (κ1) is 30.4. The summed E-state index contributed by atoms with van der Waals surface area (Å²) in [4.78, 5) is 0. The Morgan fingerprint density at radius 2 is 0.712 bits per heavy atom. The molecule has 0 aliphatic heterocycles. The standard InChI is InChI=1S/C50H33NS/c1-4-10-34(11-5-1)37-16-18-39(19-17-37)41-24-27-48-44(30-41)47(40-22-20-38(21-23-40)35-12-6-2-7-13-35)33-51(48)43-26-29-50-46(32-43)45-31-42(25-28-49(45)52-50)36-14-8-3-9-15-36/h1-33H. The summed E-state index contributed by atoms with van der Waals surface area (Å²) in [7, 11) is 0. The fraction of sp³-hybridized carbons (Fsp3) is 0. The maximum atomic E-state index is 2.38. The molecule has 10 aromatic rings. The first-order valence-corrected chi connectivity index (χ1v) is 18.6. The lowest BCUT2D eigenvalue weighted by atomic mass is 9.97. The average molecular weight is 680 g/mol. The van der Waals surface area contributed by atoms with E-state index >= 15 is 0 Å². The average Bonchev–Trinajstić information content (AvgIpc) is 3.80. The van der Waals surface area contributed by atoms with Crippen LogP contribution < -0.4 is 0 Å². The molecule has 8 aromatic carbocycles. The van der Waals surface area contributed by atoms with Gasteiger partial charge in [-0.15, -0.1) is 11.3 Å². The molecule has 0 saturated heterocycles. The molecular formula is C50H33NS. The van der Waals surface area contributed by atoms with Gasteiger partial charge in [0.25, 0.3) is 0 Å². The van der Waals surface area contributed by atoms with Crippen LogP contribution >= 0.6 is 11.3 Å². The highest BCUT2D eigenvalue weighted by Gasteiger charge is 2.16. The van der Waals surface area contributed by atoms with Crippen LogP contribution in [0.1, 0.15) is 0 Å². The molecule has 0 bridgehead atoms. The van der Waals surface area contributed by atoms with Crippen molar-refractivity contribution in [3.63, 3.8) is 0 Å². The summed E-state index contributed by atoms with van der Waals surface area (Å²) in [5.74, 6) is 0. The van der Waals surface area contributed by atoms with Crippen molar-refractivity contribution in [3.8, 4) is 61.3 Å². The van der Waals surface area contributed by atoms with Gasteiger partial charge in [0, 0.05) is 43.0 Å². The largest absolute Gasteiger partial charge is 0.316 e. The molecular weight excluding hydrogens is 647 g/mol. The molecule has 0 spiro atoms. The van der Waals surface area contributed by atoms with E-state index in [0.717, 1.165) is 5.69 Å². The summed E-state index contributed by atoms with van der Waals surface area (Å²) in [6.07, 6.45) is 2.33. The number of thiophene rings is 1. The Balaban J connectivity index is 1.11. The highest BCUT2D eigenvalue weighted by molar-refractivity contribution is 7.25. The van der Waals surface area contributed by atoms with E-state index in [1.165, 1.54) is 86.7 Å². The van der Waals surface area contributed by atoms with Gasteiger partial charge in [-0.1, -0.05) is 152 Å². The molecule has 1 nitrogen and oxygen atoms in total. The highest BCUT2D eigenvalue weighted by atomic mass is 32.1. The van der Waals surface area contributed by atoms with Crippen molar-refractivity contribution in [2.45, 2.75) is 0 Å². The number of rotatable bonds is 6. The fourth-order valence-electron chi connectivity index (χ4n) is 7.54. The Morgan fingerprint density at radius 3 is 1.29 bits per heavy atom. The minimum Gasteiger partial charge on any atom is -0.316 e. The van der Waals surface area contributed by atoms with E-state index < -0.39 is 0 Å². The third kappa shape index (κ3) is 5.42. The SMILES string of the molecule is c1ccc(-c2ccc(-c3ccc4c(c3)c(-c3ccc(-c5ccccc5)cc3)cn4-c3ccc4sc5ccc(-c6ccccc6)cc5c4c3)cc2)cc1. The lowest BCUT2D eigenvalue weighted by molar-refractivity contribution is 1.13. The molecule has 0 saturated carbocycles. The van der Waals surface area contributed by atoms with Gasteiger partial charge in [0.05, 0.1) is 5.52 Å². The van der Waals surface area contributed by atoms with Gasteiger partial charge < -0.3 is 4.57 Å². The van der Waals surface area contributed by atoms with Gasteiger partial charge in [0.1, 0.15) is 0 Å². The van der Waals surface area contributed by atoms with Crippen molar-refractivity contribution < 1.29 is 0 Å². The third-order valence-corrected chi connectivity index (χ3v) is 11.4. The smallest absolute Gasteiger partial charge is 0.0535 e. The van der Waals surface area contributed by atoms with E-state index in [9.17, 15) is 0 Å². The van der Waals surface area contributed by atoms with E-state index in [1.54, 1.807) is 0 Å². The minimum atomic E-state index is 1.16. The number of hydrogen-bond donors (Lipinski definition) is 0. The van der Waals surface area contributed by atoms with Crippen LogP contribution in [0.4, 0.5) is 0 Å². The van der Waals surface area contributed by atoms with E-state index in [-0.39, 0.29) is 0 Å². The first-order chi connectivity index (χ1) is 25.7. The van der Waals surface area contributed by atoms with Crippen molar-refractivity contribution >= 4 is 42.4 Å².